The van der Waals surface area contributed by atoms with Gasteiger partial charge >= 0.3 is 0 Å². The molecule has 0 N–H and O–H groups in total. The summed E-state index contributed by atoms with van der Waals surface area (Å²) in [5, 5.41) is 4.74. The lowest BCUT2D eigenvalue weighted by Gasteiger charge is -2.42. The molecule has 2 aromatic carbocycles. The molecule has 0 spiro atoms. The Morgan fingerprint density at radius 3 is 1.60 bits per heavy atom. The van der Waals surface area contributed by atoms with Gasteiger partial charge in [0.25, 0.3) is 0 Å². The number of rotatable bonds is 10. The summed E-state index contributed by atoms with van der Waals surface area (Å²) < 4.78 is 0. The molecule has 0 heterocycles. The van der Waals surface area contributed by atoms with E-state index in [4.69, 9.17) is 0 Å². The third-order valence-corrected chi connectivity index (χ3v) is 4.55. The Bertz CT molecular complexity index is 541. The van der Waals surface area contributed by atoms with E-state index in [-0.39, 0.29) is 0 Å². The van der Waals surface area contributed by atoms with Crippen molar-refractivity contribution in [3.05, 3.63) is 71.8 Å². The Hall–Kier alpha value is -1.68. The highest BCUT2D eigenvalue weighted by atomic mass is 15.7. The summed E-state index contributed by atoms with van der Waals surface area (Å²) in [6.07, 6.45) is 2.63. The van der Waals surface area contributed by atoms with E-state index in [2.05, 4.69) is 104 Å². The predicted molar refractivity (Wildman–Crippen MR) is 107 cm³/mol. The summed E-state index contributed by atoms with van der Waals surface area (Å²) in [5.74, 6) is 0. The van der Waals surface area contributed by atoms with E-state index in [9.17, 15) is 0 Å². The van der Waals surface area contributed by atoms with Gasteiger partial charge in [0.1, 0.15) is 0 Å². The second-order valence-electron chi connectivity index (χ2n) is 6.78. The van der Waals surface area contributed by atoms with Gasteiger partial charge in [-0.15, -0.1) is 0 Å². The molecule has 0 saturated heterocycles. The largest absolute Gasteiger partial charge is 0.278 e. The van der Waals surface area contributed by atoms with Gasteiger partial charge in [0.15, 0.2) is 0 Å². The van der Waals surface area contributed by atoms with Crippen molar-refractivity contribution in [2.24, 2.45) is 0 Å². The van der Waals surface area contributed by atoms with Crippen molar-refractivity contribution in [3.63, 3.8) is 0 Å². The van der Waals surface area contributed by atoms with E-state index < -0.39 is 0 Å². The lowest BCUT2D eigenvalue weighted by atomic mass is 10.1. The van der Waals surface area contributed by atoms with E-state index in [1.165, 1.54) is 11.1 Å². The average molecular weight is 340 g/mol. The summed E-state index contributed by atoms with van der Waals surface area (Å²) in [7, 11) is 4.31. The summed E-state index contributed by atoms with van der Waals surface area (Å²) in [4.78, 5) is 2.60. The maximum absolute atomic E-state index is 2.60. The molecule has 2 aromatic rings. The fourth-order valence-electron chi connectivity index (χ4n) is 3.40. The number of benzene rings is 2. The molecule has 2 rings (SSSR count). The molecule has 0 aliphatic carbocycles. The van der Waals surface area contributed by atoms with Crippen LogP contribution in [-0.4, -0.2) is 41.7 Å². The molecule has 0 radical (unpaired) electrons. The predicted octanol–water partition coefficient (Wildman–Crippen LogP) is 4.61. The summed E-state index contributed by atoms with van der Waals surface area (Å²) >= 11 is 0. The molecule has 0 amide bonds. The van der Waals surface area contributed by atoms with Crippen molar-refractivity contribution in [2.75, 3.05) is 20.6 Å². The second kappa shape index (κ2) is 10.3. The van der Waals surface area contributed by atoms with Gasteiger partial charge in [-0.2, -0.15) is 0 Å². The van der Waals surface area contributed by atoms with Gasteiger partial charge in [-0.1, -0.05) is 74.5 Å². The first-order valence-corrected chi connectivity index (χ1v) is 9.41. The first-order chi connectivity index (χ1) is 12.2. The van der Waals surface area contributed by atoms with E-state index in [0.29, 0.717) is 6.17 Å². The lowest BCUT2D eigenvalue weighted by molar-refractivity contribution is -0.0929. The molecule has 0 aliphatic heterocycles. The molecule has 25 heavy (non-hydrogen) atoms. The summed E-state index contributed by atoms with van der Waals surface area (Å²) in [5.41, 5.74) is 2.74. The lowest BCUT2D eigenvalue weighted by Crippen LogP contribution is -2.53. The fraction of sp³-hybridized carbons (Fsp3) is 0.455. The van der Waals surface area contributed by atoms with Crippen molar-refractivity contribution >= 4 is 0 Å². The standard InChI is InChI=1S/C22H33N3/c1-5-17-25(23(3)4)22(6-2)24(18-20-13-9-7-10-14-20)19-21-15-11-8-12-16-21/h7-16,22H,5-6,17-19H2,1-4H3. The van der Waals surface area contributed by atoms with Crippen LogP contribution >= 0.6 is 0 Å². The molecular formula is C22H33N3. The highest BCUT2D eigenvalue weighted by molar-refractivity contribution is 5.17. The van der Waals surface area contributed by atoms with Crippen LogP contribution in [0, 0.1) is 0 Å². The molecule has 0 fully saturated rings. The third kappa shape index (κ3) is 5.96. The van der Waals surface area contributed by atoms with Gasteiger partial charge in [0.2, 0.25) is 0 Å². The van der Waals surface area contributed by atoms with Gasteiger partial charge in [0, 0.05) is 33.7 Å². The molecule has 136 valence electrons. The zero-order valence-corrected chi connectivity index (χ0v) is 16.2. The average Bonchev–Trinajstić information content (AvgIpc) is 2.63. The van der Waals surface area contributed by atoms with E-state index in [0.717, 1.165) is 32.5 Å². The van der Waals surface area contributed by atoms with Gasteiger partial charge in [0.05, 0.1) is 6.17 Å². The van der Waals surface area contributed by atoms with Crippen molar-refractivity contribution < 1.29 is 0 Å². The SMILES string of the molecule is CCCN(C(CC)N(Cc1ccccc1)Cc1ccccc1)N(C)C. The molecule has 3 heteroatoms. The van der Waals surface area contributed by atoms with Crippen molar-refractivity contribution in [2.45, 2.75) is 45.9 Å². The van der Waals surface area contributed by atoms with Crippen LogP contribution in [0.2, 0.25) is 0 Å². The highest BCUT2D eigenvalue weighted by Crippen LogP contribution is 2.19. The molecule has 0 aromatic heterocycles. The third-order valence-electron chi connectivity index (χ3n) is 4.55. The number of hydrogen-bond donors (Lipinski definition) is 0. The molecule has 0 aliphatic rings. The minimum Gasteiger partial charge on any atom is -0.278 e. The van der Waals surface area contributed by atoms with Crippen LogP contribution in [0.15, 0.2) is 60.7 Å². The van der Waals surface area contributed by atoms with Crippen LogP contribution < -0.4 is 0 Å². The normalized spacial score (nSPS) is 12.9. The first kappa shape index (κ1) is 19.6. The van der Waals surface area contributed by atoms with Gasteiger partial charge in [-0.3, -0.25) is 4.90 Å². The molecule has 1 atom stereocenters. The number of nitrogens with zero attached hydrogens (tertiary/aromatic N) is 3. The van der Waals surface area contributed by atoms with Gasteiger partial charge in [-0.05, 0) is 24.0 Å². The minimum absolute atomic E-state index is 0.385. The minimum atomic E-state index is 0.385. The van der Waals surface area contributed by atoms with Crippen molar-refractivity contribution in [1.82, 2.24) is 14.9 Å². The van der Waals surface area contributed by atoms with Crippen molar-refractivity contribution in [1.29, 1.82) is 0 Å². The molecule has 3 nitrogen and oxygen atoms in total. The number of hydrazine groups is 1. The van der Waals surface area contributed by atoms with Gasteiger partial charge < -0.3 is 0 Å². The quantitative estimate of drug-likeness (QED) is 0.462. The Balaban J connectivity index is 2.26. The molecule has 0 bridgehead atoms. The topological polar surface area (TPSA) is 9.72 Å². The zero-order chi connectivity index (χ0) is 18.1. The Kier molecular flexibility index (Phi) is 8.13. The second-order valence-corrected chi connectivity index (χ2v) is 6.78. The van der Waals surface area contributed by atoms with Crippen LogP contribution in [0.1, 0.15) is 37.8 Å². The van der Waals surface area contributed by atoms with Crippen LogP contribution in [0.4, 0.5) is 0 Å². The Labute approximate surface area is 153 Å². The Morgan fingerprint density at radius 1 is 0.760 bits per heavy atom. The smallest absolute Gasteiger partial charge is 0.0763 e. The summed E-state index contributed by atoms with van der Waals surface area (Å²) in [6, 6.07) is 21.6. The zero-order valence-electron chi connectivity index (χ0n) is 16.2. The van der Waals surface area contributed by atoms with E-state index in [1.54, 1.807) is 0 Å². The monoisotopic (exact) mass is 339 g/mol. The van der Waals surface area contributed by atoms with E-state index in [1.807, 2.05) is 0 Å². The van der Waals surface area contributed by atoms with Gasteiger partial charge in [-0.25, -0.2) is 10.0 Å². The van der Waals surface area contributed by atoms with E-state index >= 15 is 0 Å². The van der Waals surface area contributed by atoms with Crippen molar-refractivity contribution in [3.8, 4) is 0 Å². The number of hydrogen-bond acceptors (Lipinski definition) is 3. The Morgan fingerprint density at radius 2 is 1.24 bits per heavy atom. The molecule has 0 saturated carbocycles. The molecule has 1 unspecified atom stereocenters. The maximum Gasteiger partial charge on any atom is 0.0763 e. The van der Waals surface area contributed by atoms with Crippen LogP contribution in [0.25, 0.3) is 0 Å². The molecular weight excluding hydrogens is 306 g/mol. The van der Waals surface area contributed by atoms with Crippen LogP contribution in [0.3, 0.4) is 0 Å². The first-order valence-electron chi connectivity index (χ1n) is 9.41. The highest BCUT2D eigenvalue weighted by Gasteiger charge is 2.25. The maximum atomic E-state index is 2.60. The van der Waals surface area contributed by atoms with Crippen LogP contribution in [-0.2, 0) is 13.1 Å². The summed E-state index contributed by atoms with van der Waals surface area (Å²) in [6.45, 7) is 7.54. The van der Waals surface area contributed by atoms with Crippen LogP contribution in [0.5, 0.6) is 0 Å². The fourth-order valence-corrected chi connectivity index (χ4v) is 3.40.